The van der Waals surface area contributed by atoms with E-state index >= 15 is 0 Å². The van der Waals surface area contributed by atoms with Crippen molar-refractivity contribution in [3.8, 4) is 6.07 Å². The monoisotopic (exact) mass is 361 g/mol. The van der Waals surface area contributed by atoms with Crippen LogP contribution in [-0.2, 0) is 21.4 Å². The highest BCUT2D eigenvalue weighted by atomic mass is 32.2. The van der Waals surface area contributed by atoms with Gasteiger partial charge in [0.2, 0.25) is 15.9 Å². The lowest BCUT2D eigenvalue weighted by atomic mass is 10.2. The van der Waals surface area contributed by atoms with Crippen molar-refractivity contribution < 1.29 is 13.2 Å². The molecule has 2 aromatic rings. The van der Waals surface area contributed by atoms with Gasteiger partial charge in [-0.25, -0.2) is 12.7 Å². The first-order valence-electron chi connectivity index (χ1n) is 7.43. The summed E-state index contributed by atoms with van der Waals surface area (Å²) in [6, 6.07) is 8.52. The maximum absolute atomic E-state index is 12.4. The van der Waals surface area contributed by atoms with E-state index in [4.69, 9.17) is 5.26 Å². The number of hydrogen-bond acceptors (Lipinski definition) is 5. The number of amides is 1. The van der Waals surface area contributed by atoms with Crippen molar-refractivity contribution in [2.45, 2.75) is 25.3 Å². The average molecular weight is 361 g/mol. The Balaban J connectivity index is 2.24. The van der Waals surface area contributed by atoms with Crippen molar-refractivity contribution in [3.63, 3.8) is 0 Å². The first-order chi connectivity index (χ1) is 11.7. The topological polar surface area (TPSA) is 108 Å². The molecule has 0 bridgehead atoms. The standard InChI is InChI=1S/C16H19N5O3S/c1-11-16(25(23,24)20(3)4)12(2)21(19-11)10-15(22)18-14-7-5-6-13(8-14)9-17/h5-8H,10H2,1-4H3,(H,18,22). The van der Waals surface area contributed by atoms with Gasteiger partial charge in [-0.3, -0.25) is 9.48 Å². The minimum absolute atomic E-state index is 0.108. The quantitative estimate of drug-likeness (QED) is 0.862. The van der Waals surface area contributed by atoms with Crippen LogP contribution in [0.25, 0.3) is 0 Å². The molecule has 1 aromatic heterocycles. The predicted octanol–water partition coefficient (Wildman–Crippen LogP) is 1.26. The van der Waals surface area contributed by atoms with E-state index < -0.39 is 10.0 Å². The zero-order chi connectivity index (χ0) is 18.8. The van der Waals surface area contributed by atoms with Gasteiger partial charge in [-0.2, -0.15) is 10.4 Å². The van der Waals surface area contributed by atoms with Crippen molar-refractivity contribution in [2.75, 3.05) is 19.4 Å². The van der Waals surface area contributed by atoms with Crippen LogP contribution in [0.4, 0.5) is 5.69 Å². The van der Waals surface area contributed by atoms with Crippen LogP contribution < -0.4 is 5.32 Å². The van der Waals surface area contributed by atoms with Gasteiger partial charge in [0.25, 0.3) is 0 Å². The van der Waals surface area contributed by atoms with E-state index in [-0.39, 0.29) is 17.3 Å². The zero-order valence-electron chi connectivity index (χ0n) is 14.4. The smallest absolute Gasteiger partial charge is 0.246 e. The maximum Gasteiger partial charge on any atom is 0.246 e. The van der Waals surface area contributed by atoms with Crippen molar-refractivity contribution >= 4 is 21.6 Å². The number of carbonyl (C=O) groups excluding carboxylic acids is 1. The van der Waals surface area contributed by atoms with E-state index in [0.29, 0.717) is 22.6 Å². The van der Waals surface area contributed by atoms with Crippen LogP contribution in [0.15, 0.2) is 29.2 Å². The van der Waals surface area contributed by atoms with Gasteiger partial charge in [-0.15, -0.1) is 0 Å². The molecule has 1 heterocycles. The molecule has 0 unspecified atom stereocenters. The molecule has 0 aliphatic rings. The van der Waals surface area contributed by atoms with Gasteiger partial charge in [0.05, 0.1) is 23.0 Å². The number of aromatic nitrogens is 2. The Labute approximate surface area is 146 Å². The first kappa shape index (κ1) is 18.6. The van der Waals surface area contributed by atoms with Crippen molar-refractivity contribution in [1.29, 1.82) is 5.26 Å². The van der Waals surface area contributed by atoms with Gasteiger partial charge in [0, 0.05) is 19.8 Å². The average Bonchev–Trinajstić information content (AvgIpc) is 2.81. The molecule has 1 amide bonds. The Hall–Kier alpha value is -2.70. The number of nitrogens with one attached hydrogen (secondary N) is 1. The van der Waals surface area contributed by atoms with Gasteiger partial charge in [-0.1, -0.05) is 6.07 Å². The van der Waals surface area contributed by atoms with Crippen LogP contribution in [0, 0.1) is 25.2 Å². The molecular formula is C16H19N5O3S. The van der Waals surface area contributed by atoms with Crippen LogP contribution in [-0.4, -0.2) is 42.5 Å². The summed E-state index contributed by atoms with van der Waals surface area (Å²) in [6.07, 6.45) is 0. The Morgan fingerprint density at radius 2 is 2.04 bits per heavy atom. The third-order valence-corrected chi connectivity index (χ3v) is 5.69. The minimum Gasteiger partial charge on any atom is -0.324 e. The predicted molar refractivity (Wildman–Crippen MR) is 92.4 cm³/mol. The first-order valence-corrected chi connectivity index (χ1v) is 8.87. The lowest BCUT2D eigenvalue weighted by Crippen LogP contribution is -2.24. The van der Waals surface area contributed by atoms with Crippen molar-refractivity contribution in [1.82, 2.24) is 14.1 Å². The SMILES string of the molecule is Cc1nn(CC(=O)Nc2cccc(C#N)c2)c(C)c1S(=O)(=O)N(C)C. The molecule has 0 aliphatic heterocycles. The van der Waals surface area contributed by atoms with E-state index in [1.165, 1.54) is 18.8 Å². The highest BCUT2D eigenvalue weighted by molar-refractivity contribution is 7.89. The number of anilines is 1. The van der Waals surface area contributed by atoms with E-state index in [2.05, 4.69) is 10.4 Å². The molecule has 0 atom stereocenters. The van der Waals surface area contributed by atoms with Crippen LogP contribution in [0.3, 0.4) is 0 Å². The summed E-state index contributed by atoms with van der Waals surface area (Å²) in [5, 5.41) is 15.7. The van der Waals surface area contributed by atoms with Gasteiger partial charge >= 0.3 is 0 Å². The summed E-state index contributed by atoms with van der Waals surface area (Å²) < 4.78 is 27.2. The largest absolute Gasteiger partial charge is 0.324 e. The molecule has 0 fully saturated rings. The van der Waals surface area contributed by atoms with Crippen LogP contribution >= 0.6 is 0 Å². The summed E-state index contributed by atoms with van der Waals surface area (Å²) in [6.45, 7) is 3.07. The molecule has 0 saturated heterocycles. The molecule has 0 saturated carbocycles. The highest BCUT2D eigenvalue weighted by Crippen LogP contribution is 2.22. The van der Waals surface area contributed by atoms with E-state index in [9.17, 15) is 13.2 Å². The Kier molecular flexibility index (Phi) is 5.25. The van der Waals surface area contributed by atoms with E-state index in [1.54, 1.807) is 38.1 Å². The fraction of sp³-hybridized carbons (Fsp3) is 0.312. The lowest BCUT2D eigenvalue weighted by Gasteiger charge is -2.12. The third-order valence-electron chi connectivity index (χ3n) is 3.62. The Morgan fingerprint density at radius 1 is 1.36 bits per heavy atom. The number of hydrogen-bond donors (Lipinski definition) is 1. The summed E-state index contributed by atoms with van der Waals surface area (Å²) in [5.41, 5.74) is 1.66. The molecule has 25 heavy (non-hydrogen) atoms. The normalized spacial score (nSPS) is 11.4. The molecule has 8 nitrogen and oxygen atoms in total. The van der Waals surface area contributed by atoms with Gasteiger partial charge in [0.1, 0.15) is 11.4 Å². The van der Waals surface area contributed by atoms with E-state index in [0.717, 1.165) is 4.31 Å². The number of aryl methyl sites for hydroxylation is 1. The van der Waals surface area contributed by atoms with Gasteiger partial charge < -0.3 is 5.32 Å². The third kappa shape index (κ3) is 3.87. The molecule has 1 aromatic carbocycles. The summed E-state index contributed by atoms with van der Waals surface area (Å²) in [7, 11) is -0.749. The Bertz CT molecular complexity index is 955. The fourth-order valence-corrected chi connectivity index (χ4v) is 3.65. The molecule has 132 valence electrons. The lowest BCUT2D eigenvalue weighted by molar-refractivity contribution is -0.116. The molecule has 0 radical (unpaired) electrons. The molecule has 1 N–H and O–H groups in total. The van der Waals surface area contributed by atoms with Gasteiger partial charge in [-0.05, 0) is 32.0 Å². The van der Waals surface area contributed by atoms with Gasteiger partial charge in [0.15, 0.2) is 0 Å². The maximum atomic E-state index is 12.4. The fourth-order valence-electron chi connectivity index (χ4n) is 2.39. The Morgan fingerprint density at radius 3 is 2.64 bits per heavy atom. The number of rotatable bonds is 5. The highest BCUT2D eigenvalue weighted by Gasteiger charge is 2.27. The van der Waals surface area contributed by atoms with Crippen LogP contribution in [0.5, 0.6) is 0 Å². The number of carbonyl (C=O) groups is 1. The molecule has 9 heteroatoms. The summed E-state index contributed by atoms with van der Waals surface area (Å²) in [5.74, 6) is -0.366. The van der Waals surface area contributed by atoms with Crippen molar-refractivity contribution in [3.05, 3.63) is 41.2 Å². The van der Waals surface area contributed by atoms with Crippen LogP contribution in [0.2, 0.25) is 0 Å². The molecule has 0 spiro atoms. The molecule has 0 aliphatic carbocycles. The summed E-state index contributed by atoms with van der Waals surface area (Å²) in [4.78, 5) is 12.3. The molecular weight excluding hydrogens is 342 g/mol. The van der Waals surface area contributed by atoms with E-state index in [1.807, 2.05) is 6.07 Å². The van der Waals surface area contributed by atoms with Crippen LogP contribution in [0.1, 0.15) is 17.0 Å². The minimum atomic E-state index is -3.64. The van der Waals surface area contributed by atoms with Crippen molar-refractivity contribution in [2.24, 2.45) is 0 Å². The number of nitriles is 1. The number of nitrogens with zero attached hydrogens (tertiary/aromatic N) is 4. The second-order valence-corrected chi connectivity index (χ2v) is 7.77. The zero-order valence-corrected chi connectivity index (χ0v) is 15.3. The number of benzene rings is 1. The summed E-state index contributed by atoms with van der Waals surface area (Å²) >= 11 is 0. The second kappa shape index (κ2) is 7.04. The molecule has 2 rings (SSSR count). The number of sulfonamides is 1. The second-order valence-electron chi connectivity index (χ2n) is 5.69.